The maximum atomic E-state index is 4.85. The van der Waals surface area contributed by atoms with Crippen LogP contribution < -0.4 is 40.9 Å². The van der Waals surface area contributed by atoms with Crippen LogP contribution in [0.15, 0.2) is 30.3 Å². The van der Waals surface area contributed by atoms with E-state index in [0.717, 1.165) is 5.75 Å². The van der Waals surface area contributed by atoms with Crippen molar-refractivity contribution in [3.05, 3.63) is 30.3 Å². The SMILES string of the molecule is [Cl-].[Cl-].[Cl-].[V+3][O]c1ccccc1. The molecule has 0 saturated carbocycles. The van der Waals surface area contributed by atoms with Crippen molar-refractivity contribution in [1.82, 2.24) is 0 Å². The summed E-state index contributed by atoms with van der Waals surface area (Å²) in [6.07, 6.45) is 0. The van der Waals surface area contributed by atoms with Crippen LogP contribution in [-0.4, -0.2) is 0 Å². The maximum absolute atomic E-state index is 4.85. The van der Waals surface area contributed by atoms with E-state index >= 15 is 0 Å². The van der Waals surface area contributed by atoms with Gasteiger partial charge >= 0.3 is 57.5 Å². The van der Waals surface area contributed by atoms with Crippen molar-refractivity contribution in [2.24, 2.45) is 0 Å². The normalized spacial score (nSPS) is 6.36. The molecule has 0 radical (unpaired) electrons. The predicted molar refractivity (Wildman–Crippen MR) is 27.1 cm³/mol. The Labute approximate surface area is 94.5 Å². The van der Waals surface area contributed by atoms with E-state index in [1.807, 2.05) is 30.3 Å². The molecule has 0 unspecified atom stereocenters. The molecule has 0 amide bonds. The molecule has 0 aromatic heterocycles. The Bertz CT molecular complexity index is 159. The summed E-state index contributed by atoms with van der Waals surface area (Å²) in [5.41, 5.74) is 0. The van der Waals surface area contributed by atoms with Crippen molar-refractivity contribution < 1.29 is 58.7 Å². The van der Waals surface area contributed by atoms with Crippen molar-refractivity contribution in [2.75, 3.05) is 0 Å². The van der Waals surface area contributed by atoms with E-state index in [9.17, 15) is 0 Å². The van der Waals surface area contributed by atoms with Crippen LogP contribution in [0, 0.1) is 0 Å². The van der Waals surface area contributed by atoms with Crippen LogP contribution in [0.1, 0.15) is 0 Å². The third-order valence-corrected chi connectivity index (χ3v) is 1.18. The molecule has 0 bridgehead atoms. The molecule has 0 aliphatic rings. The molecule has 5 heteroatoms. The van der Waals surface area contributed by atoms with Gasteiger partial charge in [0.25, 0.3) is 0 Å². The van der Waals surface area contributed by atoms with Crippen molar-refractivity contribution in [3.63, 3.8) is 0 Å². The summed E-state index contributed by atoms with van der Waals surface area (Å²) in [7, 11) is 0. The van der Waals surface area contributed by atoms with E-state index in [-0.39, 0.29) is 37.2 Å². The van der Waals surface area contributed by atoms with Crippen molar-refractivity contribution in [3.8, 4) is 5.75 Å². The average molecular weight is 250 g/mol. The van der Waals surface area contributed by atoms with Crippen molar-refractivity contribution in [1.29, 1.82) is 0 Å². The van der Waals surface area contributed by atoms with Gasteiger partial charge in [0.2, 0.25) is 0 Å². The first-order valence-electron chi connectivity index (χ1n) is 2.30. The third kappa shape index (κ3) is 6.86. The summed E-state index contributed by atoms with van der Waals surface area (Å²) in [5, 5.41) is 0. The Kier molecular flexibility index (Phi) is 16.7. The van der Waals surface area contributed by atoms with Gasteiger partial charge in [-0.3, -0.25) is 0 Å². The Morgan fingerprint density at radius 3 is 1.64 bits per heavy atom. The second kappa shape index (κ2) is 10.5. The standard InChI is InChI=1S/C6H6O.3ClH.V/c7-6-4-2-1-3-5-6;;;;/h1-5,7H;3*1H;/q;;;;+4/p-4. The fraction of sp³-hybridized carbons (Fsp3) is 0. The molecule has 11 heavy (non-hydrogen) atoms. The molecule has 0 heterocycles. The molecular weight excluding hydrogens is 245 g/mol. The molecule has 1 rings (SSSR count). The van der Waals surface area contributed by atoms with Crippen molar-refractivity contribution >= 4 is 0 Å². The molecule has 0 fully saturated rings. The van der Waals surface area contributed by atoms with E-state index in [4.69, 9.17) is 3.66 Å². The predicted octanol–water partition coefficient (Wildman–Crippen LogP) is -7.46. The first kappa shape index (κ1) is 17.5. The number of rotatable bonds is 1. The van der Waals surface area contributed by atoms with Gasteiger partial charge in [-0.25, -0.2) is 0 Å². The van der Waals surface area contributed by atoms with Gasteiger partial charge in [-0.15, -0.1) is 0 Å². The van der Waals surface area contributed by atoms with Crippen LogP contribution in [0.5, 0.6) is 5.75 Å². The number of halogens is 3. The Balaban J connectivity index is -0.000000213. The molecule has 61 valence electrons. The van der Waals surface area contributed by atoms with Gasteiger partial charge in [-0.1, -0.05) is 0 Å². The molecular formula is C6H5Cl3OV. The number of benzene rings is 1. The van der Waals surface area contributed by atoms with Crippen LogP contribution >= 0.6 is 0 Å². The topological polar surface area (TPSA) is 9.23 Å². The monoisotopic (exact) mass is 249 g/mol. The summed E-state index contributed by atoms with van der Waals surface area (Å²) in [4.78, 5) is 0. The van der Waals surface area contributed by atoms with Crippen molar-refractivity contribution in [2.45, 2.75) is 0 Å². The number of hydrogen-bond donors (Lipinski definition) is 0. The molecule has 0 atom stereocenters. The van der Waals surface area contributed by atoms with Crippen LogP contribution in [0.25, 0.3) is 0 Å². The summed E-state index contributed by atoms with van der Waals surface area (Å²) in [6, 6.07) is 9.62. The zero-order chi connectivity index (χ0) is 5.82. The second-order valence-corrected chi connectivity index (χ2v) is 1.69. The first-order chi connectivity index (χ1) is 3.93. The Morgan fingerprint density at radius 1 is 0.909 bits per heavy atom. The van der Waals surface area contributed by atoms with Gasteiger partial charge < -0.3 is 37.2 Å². The summed E-state index contributed by atoms with van der Waals surface area (Å²) < 4.78 is 4.85. The molecule has 1 nitrogen and oxygen atoms in total. The third-order valence-electron chi connectivity index (χ3n) is 0.849. The van der Waals surface area contributed by atoms with Gasteiger partial charge in [0, 0.05) is 0 Å². The van der Waals surface area contributed by atoms with Crippen LogP contribution in [0.4, 0.5) is 0 Å². The Morgan fingerprint density at radius 2 is 1.36 bits per heavy atom. The van der Waals surface area contributed by atoms with E-state index in [1.54, 1.807) is 0 Å². The van der Waals surface area contributed by atoms with E-state index in [0.29, 0.717) is 0 Å². The number of para-hydroxylation sites is 1. The summed E-state index contributed by atoms with van der Waals surface area (Å²) in [5.74, 6) is 0.882. The van der Waals surface area contributed by atoms with Gasteiger partial charge in [0.1, 0.15) is 0 Å². The average Bonchev–Trinajstić information content (AvgIpc) is 1.90. The molecule has 0 spiro atoms. The molecule has 1 aromatic carbocycles. The fourth-order valence-corrected chi connectivity index (χ4v) is 0.671. The van der Waals surface area contributed by atoms with E-state index < -0.39 is 0 Å². The van der Waals surface area contributed by atoms with E-state index in [1.165, 1.54) is 0 Å². The van der Waals surface area contributed by atoms with Crippen LogP contribution in [0.2, 0.25) is 0 Å². The molecule has 0 aliphatic carbocycles. The van der Waals surface area contributed by atoms with Gasteiger partial charge in [0.05, 0.1) is 0 Å². The van der Waals surface area contributed by atoms with Crippen LogP contribution in [-0.2, 0) is 17.8 Å². The van der Waals surface area contributed by atoms with E-state index in [2.05, 4.69) is 17.8 Å². The zero-order valence-electron chi connectivity index (χ0n) is 5.38. The summed E-state index contributed by atoms with van der Waals surface area (Å²) in [6.45, 7) is 0. The number of hydrogen-bond acceptors (Lipinski definition) is 1. The Hall–Kier alpha value is 0.474. The second-order valence-electron chi connectivity index (χ2n) is 1.40. The van der Waals surface area contributed by atoms with Gasteiger partial charge in [-0.2, -0.15) is 0 Å². The quantitative estimate of drug-likeness (QED) is 0.481. The van der Waals surface area contributed by atoms with Gasteiger partial charge in [0.15, 0.2) is 0 Å². The fourth-order valence-electron chi connectivity index (χ4n) is 0.481. The molecule has 0 aliphatic heterocycles. The first-order valence-corrected chi connectivity index (χ1v) is 2.87. The molecule has 1 aromatic rings. The molecule has 0 saturated heterocycles. The minimum absolute atomic E-state index is 0. The zero-order valence-corrected chi connectivity index (χ0v) is 9.04. The van der Waals surface area contributed by atoms with Gasteiger partial charge in [-0.05, 0) is 0 Å². The molecule has 0 N–H and O–H groups in total. The summed E-state index contributed by atoms with van der Waals surface area (Å²) >= 11 is 2.06. The van der Waals surface area contributed by atoms with Crippen LogP contribution in [0.3, 0.4) is 0 Å². The minimum atomic E-state index is 0.